The maximum Gasteiger partial charge on any atom is 0.416 e. The van der Waals surface area contributed by atoms with Gasteiger partial charge in [-0.25, -0.2) is 4.68 Å². The first-order chi connectivity index (χ1) is 13.7. The zero-order chi connectivity index (χ0) is 23.1. The van der Waals surface area contributed by atoms with Crippen molar-refractivity contribution in [3.63, 3.8) is 0 Å². The summed E-state index contributed by atoms with van der Waals surface area (Å²) in [5.41, 5.74) is 2.95. The van der Waals surface area contributed by atoms with Gasteiger partial charge < -0.3 is 14.8 Å². The number of anilines is 1. The molecule has 0 saturated heterocycles. The summed E-state index contributed by atoms with van der Waals surface area (Å²) in [6.07, 6.45) is -4.78. The number of nitrogen functional groups attached to an aromatic ring is 1. The summed E-state index contributed by atoms with van der Waals surface area (Å²) in [7, 11) is -4.45. The Balaban J connectivity index is 2.85. The summed E-state index contributed by atoms with van der Waals surface area (Å²) in [5, 5.41) is -2.73. The number of alkyl halides is 6. The van der Waals surface area contributed by atoms with Gasteiger partial charge in [-0.3, -0.25) is 4.57 Å². The van der Waals surface area contributed by atoms with Crippen LogP contribution in [0.2, 0.25) is 10.0 Å². The van der Waals surface area contributed by atoms with E-state index in [9.17, 15) is 26.5 Å². The number of hydrogen-bond acceptors (Lipinski definition) is 5. The highest BCUT2D eigenvalue weighted by Gasteiger charge is 2.46. The van der Waals surface area contributed by atoms with Crippen LogP contribution < -0.4 is 11.0 Å². The van der Waals surface area contributed by atoms with Crippen LogP contribution in [-0.2, 0) is 25.2 Å². The molecule has 0 spiro atoms. The van der Waals surface area contributed by atoms with E-state index in [2.05, 4.69) is 5.10 Å². The van der Waals surface area contributed by atoms with Gasteiger partial charge in [-0.1, -0.05) is 23.2 Å². The van der Waals surface area contributed by atoms with Gasteiger partial charge in [-0.05, 0) is 37.6 Å². The van der Waals surface area contributed by atoms with E-state index in [1.54, 1.807) is 0 Å². The van der Waals surface area contributed by atoms with Gasteiger partial charge in [-0.2, -0.15) is 27.1 Å². The quantitative estimate of drug-likeness (QED) is 0.279. The third-order valence-corrected chi connectivity index (χ3v) is 6.53. The molecule has 2 aromatic rings. The Morgan fingerprint density at radius 1 is 1.10 bits per heavy atom. The molecule has 0 bridgehead atoms. The lowest BCUT2D eigenvalue weighted by atomic mass is 10.2. The number of rotatable bonds is 7. The first-order valence-corrected chi connectivity index (χ1v) is 10.8. The Morgan fingerprint density at radius 3 is 1.93 bits per heavy atom. The molecule has 1 heterocycles. The van der Waals surface area contributed by atoms with Crippen LogP contribution in [0.15, 0.2) is 12.1 Å². The van der Waals surface area contributed by atoms with Gasteiger partial charge in [0.1, 0.15) is 16.8 Å². The van der Waals surface area contributed by atoms with Crippen LogP contribution in [0.1, 0.15) is 25.1 Å². The van der Waals surface area contributed by atoms with Crippen molar-refractivity contribution in [2.45, 2.75) is 25.4 Å². The molecular formula is C15H14Cl3F5N3O3P. The molecule has 2 rings (SSSR count). The van der Waals surface area contributed by atoms with E-state index < -0.39 is 57.3 Å². The largest absolute Gasteiger partial charge is 0.416 e. The van der Waals surface area contributed by atoms with Crippen LogP contribution in [0, 0.1) is 0 Å². The molecule has 0 unspecified atom stereocenters. The lowest BCUT2D eigenvalue weighted by molar-refractivity contribution is -0.137. The summed E-state index contributed by atoms with van der Waals surface area (Å²) in [5.74, 6) is -0.709. The molecule has 0 fully saturated rings. The molecule has 0 aliphatic rings. The van der Waals surface area contributed by atoms with E-state index in [1.165, 1.54) is 13.8 Å². The molecule has 2 N–H and O–H groups in total. The van der Waals surface area contributed by atoms with Crippen molar-refractivity contribution in [1.29, 1.82) is 0 Å². The van der Waals surface area contributed by atoms with Gasteiger partial charge in [0.15, 0.2) is 5.69 Å². The predicted molar refractivity (Wildman–Crippen MR) is 103 cm³/mol. The SMILES string of the molecule is CCOP(=O)(OCC)c1c(C(F)(F)Cl)nn(-c2c(Cl)cc(C(F)(F)F)cc2Cl)c1N. The minimum absolute atomic E-state index is 0.211. The van der Waals surface area contributed by atoms with Crippen LogP contribution in [0.5, 0.6) is 0 Å². The standard InChI is InChI=1S/C15H14Cl3F5N3O3P/c1-3-28-30(27,29-4-2)11-12(14(18,19)20)25-26(13(11)24)10-8(16)5-7(6-9(10)17)15(21,22)23/h5-6H,3-4,24H2,1-2H3. The topological polar surface area (TPSA) is 79.4 Å². The minimum atomic E-state index is -4.78. The molecule has 0 aliphatic carbocycles. The lowest BCUT2D eigenvalue weighted by Crippen LogP contribution is -2.22. The molecule has 0 amide bonds. The number of halogens is 8. The van der Waals surface area contributed by atoms with Crippen LogP contribution in [0.3, 0.4) is 0 Å². The van der Waals surface area contributed by atoms with E-state index in [-0.39, 0.29) is 13.2 Å². The number of nitrogens with zero attached hydrogens (tertiary/aromatic N) is 2. The second-order valence-electron chi connectivity index (χ2n) is 5.61. The van der Waals surface area contributed by atoms with E-state index in [4.69, 9.17) is 49.6 Å². The van der Waals surface area contributed by atoms with E-state index in [0.29, 0.717) is 16.8 Å². The average Bonchev–Trinajstić information content (AvgIpc) is 2.92. The number of nitrogens with two attached hydrogens (primary N) is 1. The van der Waals surface area contributed by atoms with Gasteiger partial charge >= 0.3 is 19.2 Å². The number of aromatic nitrogens is 2. The fourth-order valence-electron chi connectivity index (χ4n) is 2.49. The van der Waals surface area contributed by atoms with Crippen molar-refractivity contribution in [3.05, 3.63) is 33.4 Å². The van der Waals surface area contributed by atoms with Crippen molar-refractivity contribution >= 4 is 53.5 Å². The predicted octanol–water partition coefficient (Wildman–Crippen LogP) is 5.96. The van der Waals surface area contributed by atoms with Crippen molar-refractivity contribution < 1.29 is 35.6 Å². The summed E-state index contributed by atoms with van der Waals surface area (Å²) in [6, 6.07) is 1.01. The summed E-state index contributed by atoms with van der Waals surface area (Å²) >= 11 is 16.9. The second-order valence-corrected chi connectivity index (χ2v) is 8.86. The van der Waals surface area contributed by atoms with Crippen LogP contribution in [0.4, 0.5) is 27.8 Å². The van der Waals surface area contributed by atoms with Crippen LogP contribution in [0.25, 0.3) is 5.69 Å². The summed E-state index contributed by atoms with van der Waals surface area (Å²) in [6.45, 7) is 2.43. The maximum atomic E-state index is 14.0. The monoisotopic (exact) mass is 515 g/mol. The summed E-state index contributed by atoms with van der Waals surface area (Å²) < 4.78 is 90.7. The molecule has 0 atom stereocenters. The second kappa shape index (κ2) is 8.80. The van der Waals surface area contributed by atoms with Crippen molar-refractivity contribution in [2.24, 2.45) is 0 Å². The minimum Gasteiger partial charge on any atom is -0.383 e. The Labute approximate surface area is 182 Å². The molecule has 30 heavy (non-hydrogen) atoms. The summed E-state index contributed by atoms with van der Waals surface area (Å²) in [4.78, 5) is 0. The van der Waals surface area contributed by atoms with E-state index in [1.807, 2.05) is 0 Å². The smallest absolute Gasteiger partial charge is 0.383 e. The van der Waals surface area contributed by atoms with Crippen LogP contribution >= 0.6 is 42.4 Å². The third kappa shape index (κ3) is 4.87. The maximum absolute atomic E-state index is 14.0. The average molecular weight is 517 g/mol. The molecule has 0 radical (unpaired) electrons. The Morgan fingerprint density at radius 2 is 1.57 bits per heavy atom. The normalized spacial score (nSPS) is 13.1. The first-order valence-electron chi connectivity index (χ1n) is 8.09. The van der Waals surface area contributed by atoms with Gasteiger partial charge in [-0.15, -0.1) is 0 Å². The highest BCUT2D eigenvalue weighted by atomic mass is 35.5. The molecular weight excluding hydrogens is 503 g/mol. The molecule has 168 valence electrons. The fourth-order valence-corrected chi connectivity index (χ4v) is 5.17. The zero-order valence-corrected chi connectivity index (χ0v) is 18.4. The van der Waals surface area contributed by atoms with Gasteiger partial charge in [0.05, 0.1) is 28.8 Å². The molecule has 6 nitrogen and oxygen atoms in total. The zero-order valence-electron chi connectivity index (χ0n) is 15.2. The third-order valence-electron chi connectivity index (χ3n) is 3.59. The Bertz CT molecular complexity index is 961. The van der Waals surface area contributed by atoms with Gasteiger partial charge in [0.25, 0.3) is 0 Å². The van der Waals surface area contributed by atoms with E-state index >= 15 is 0 Å². The lowest BCUT2D eigenvalue weighted by Gasteiger charge is -2.18. The molecule has 1 aromatic carbocycles. The number of benzene rings is 1. The van der Waals surface area contributed by atoms with Crippen molar-refractivity contribution in [3.8, 4) is 5.69 Å². The van der Waals surface area contributed by atoms with Crippen molar-refractivity contribution in [1.82, 2.24) is 9.78 Å². The molecule has 1 aromatic heterocycles. The molecule has 0 saturated carbocycles. The number of hydrogen-bond donors (Lipinski definition) is 1. The van der Waals surface area contributed by atoms with Crippen LogP contribution in [-0.4, -0.2) is 23.0 Å². The highest BCUT2D eigenvalue weighted by molar-refractivity contribution is 7.62. The highest BCUT2D eigenvalue weighted by Crippen LogP contribution is 2.52. The molecule has 15 heteroatoms. The van der Waals surface area contributed by atoms with E-state index in [0.717, 1.165) is 0 Å². The Kier molecular flexibility index (Phi) is 7.38. The fraction of sp³-hybridized carbons (Fsp3) is 0.400. The molecule has 0 aliphatic heterocycles. The van der Waals surface area contributed by atoms with Gasteiger partial charge in [0.2, 0.25) is 0 Å². The van der Waals surface area contributed by atoms with Gasteiger partial charge in [0, 0.05) is 0 Å². The Hall–Kier alpha value is -1.10. The van der Waals surface area contributed by atoms with Crippen molar-refractivity contribution in [2.75, 3.05) is 18.9 Å². The first kappa shape index (κ1) is 25.2.